The molecule has 0 atom stereocenters. The molecule has 3 aromatic carbocycles. The van der Waals surface area contributed by atoms with Crippen molar-refractivity contribution in [3.63, 3.8) is 0 Å². The van der Waals surface area contributed by atoms with Crippen LogP contribution in [0.4, 0.5) is 21.0 Å². The van der Waals surface area contributed by atoms with E-state index in [-0.39, 0.29) is 0 Å². The van der Waals surface area contributed by atoms with Crippen molar-refractivity contribution in [1.82, 2.24) is 19.7 Å². The number of nitrogens with zero attached hydrogens (tertiary/aromatic N) is 2. The smallest absolute Gasteiger partial charge is 0.412 e. The van der Waals surface area contributed by atoms with Gasteiger partial charge in [0.15, 0.2) is 0 Å². The first-order chi connectivity index (χ1) is 22.7. The average molecular weight is 714 g/mol. The Hall–Kier alpha value is -5.03. The lowest BCUT2D eigenvalue weighted by Gasteiger charge is -2.19. The highest BCUT2D eigenvalue weighted by Crippen LogP contribution is 2.30. The number of amides is 2. The Morgan fingerprint density at radius 3 is 1.85 bits per heavy atom. The molecule has 0 aliphatic carbocycles. The first-order valence-electron chi connectivity index (χ1n) is 15.7. The maximum absolute atomic E-state index is 12.2. The van der Waals surface area contributed by atoms with Crippen LogP contribution in [0, 0.1) is 0 Å². The van der Waals surface area contributed by atoms with E-state index in [9.17, 15) is 9.59 Å². The summed E-state index contributed by atoms with van der Waals surface area (Å²) in [6, 6.07) is 20.3. The standard InChI is InChI=1S/C24H26N4O2.C13H15BrN2O2/c1-5-16-6-9-19(10-7-16)28-15-18(13-26-28)17-8-11-21-20(12-17)22(14-25-21)27-23(29)30-24(2,3)4;1-13(2,3)18-12(17)16-11-7-15-10-5-4-8(14)6-9(10)11/h6-15,25H,5H2,1-4H3,(H,27,29);4-7,15H,1-3H3,(H,16,17). The number of benzene rings is 3. The first kappa shape index (κ1) is 34.3. The van der Waals surface area contributed by atoms with Gasteiger partial charge in [-0.2, -0.15) is 5.10 Å². The molecule has 0 unspecified atom stereocenters. The highest BCUT2D eigenvalue weighted by atomic mass is 79.9. The average Bonchev–Trinajstić information content (AvgIpc) is 3.75. The van der Waals surface area contributed by atoms with Gasteiger partial charge in [-0.1, -0.05) is 41.1 Å². The number of H-pyrrole nitrogens is 2. The summed E-state index contributed by atoms with van der Waals surface area (Å²) in [7, 11) is 0. The number of anilines is 2. The maximum atomic E-state index is 12.2. The second-order valence-electron chi connectivity index (χ2n) is 13.3. The third-order valence-electron chi connectivity index (χ3n) is 7.12. The first-order valence-corrected chi connectivity index (χ1v) is 16.5. The molecule has 48 heavy (non-hydrogen) atoms. The molecule has 10 nitrogen and oxygen atoms in total. The largest absolute Gasteiger partial charge is 0.444 e. The van der Waals surface area contributed by atoms with E-state index in [0.717, 1.165) is 49.5 Å². The van der Waals surface area contributed by atoms with Gasteiger partial charge in [0.25, 0.3) is 0 Å². The summed E-state index contributed by atoms with van der Waals surface area (Å²) in [5.74, 6) is 0. The third kappa shape index (κ3) is 8.86. The Bertz CT molecular complexity index is 2040. The van der Waals surface area contributed by atoms with Gasteiger partial charge in [0.1, 0.15) is 11.2 Å². The zero-order valence-electron chi connectivity index (χ0n) is 28.2. The quantitative estimate of drug-likeness (QED) is 0.142. The number of halogens is 1. The number of nitrogens with one attached hydrogen (secondary N) is 4. The number of aromatic amines is 2. The van der Waals surface area contributed by atoms with Crippen LogP contribution in [0.15, 0.2) is 89.9 Å². The fourth-order valence-corrected chi connectivity index (χ4v) is 5.29. The maximum Gasteiger partial charge on any atom is 0.412 e. The SMILES string of the molecule is CC(C)(C)OC(=O)Nc1c[nH]c2ccc(Br)cc12.CCc1ccc(-n2cc(-c3ccc4[nH]cc(NC(=O)OC(C)(C)C)c4c3)cn2)cc1. The summed E-state index contributed by atoms with van der Waals surface area (Å²) in [5, 5.41) is 11.9. The molecule has 6 rings (SSSR count). The zero-order chi connectivity index (χ0) is 34.6. The van der Waals surface area contributed by atoms with Gasteiger partial charge >= 0.3 is 12.2 Å². The third-order valence-corrected chi connectivity index (χ3v) is 7.62. The summed E-state index contributed by atoms with van der Waals surface area (Å²) < 4.78 is 13.4. The predicted octanol–water partition coefficient (Wildman–Crippen LogP) is 10.2. The lowest BCUT2D eigenvalue weighted by molar-refractivity contribution is 0.0625. The lowest BCUT2D eigenvalue weighted by Crippen LogP contribution is -2.27. The van der Waals surface area contributed by atoms with Gasteiger partial charge in [-0.25, -0.2) is 14.3 Å². The number of rotatable bonds is 5. The molecule has 0 bridgehead atoms. The van der Waals surface area contributed by atoms with E-state index in [1.54, 1.807) is 12.4 Å². The van der Waals surface area contributed by atoms with Crippen LogP contribution < -0.4 is 10.6 Å². The highest BCUT2D eigenvalue weighted by Gasteiger charge is 2.19. The normalized spacial score (nSPS) is 11.6. The summed E-state index contributed by atoms with van der Waals surface area (Å²) >= 11 is 3.41. The van der Waals surface area contributed by atoms with E-state index >= 15 is 0 Å². The molecule has 6 aromatic rings. The molecule has 3 aromatic heterocycles. The molecular weight excluding hydrogens is 672 g/mol. The molecule has 4 N–H and O–H groups in total. The van der Waals surface area contributed by atoms with Crippen LogP contribution in [0.3, 0.4) is 0 Å². The molecule has 11 heteroatoms. The van der Waals surface area contributed by atoms with Gasteiger partial charge in [0.05, 0.1) is 23.3 Å². The van der Waals surface area contributed by atoms with E-state index in [0.29, 0.717) is 11.4 Å². The minimum atomic E-state index is -0.550. The van der Waals surface area contributed by atoms with Crippen molar-refractivity contribution in [2.24, 2.45) is 0 Å². The van der Waals surface area contributed by atoms with Gasteiger partial charge in [0.2, 0.25) is 0 Å². The molecule has 250 valence electrons. The summed E-state index contributed by atoms with van der Waals surface area (Å²) in [6.07, 6.45) is 7.47. The van der Waals surface area contributed by atoms with Crippen molar-refractivity contribution in [3.05, 3.63) is 95.5 Å². The van der Waals surface area contributed by atoms with Gasteiger partial charge in [-0.15, -0.1) is 0 Å². The molecule has 0 radical (unpaired) electrons. The summed E-state index contributed by atoms with van der Waals surface area (Å²) in [6.45, 7) is 13.2. The zero-order valence-corrected chi connectivity index (χ0v) is 29.8. The number of hydrogen-bond acceptors (Lipinski definition) is 5. The van der Waals surface area contributed by atoms with Crippen LogP contribution in [0.1, 0.15) is 54.0 Å². The van der Waals surface area contributed by atoms with Crippen molar-refractivity contribution in [1.29, 1.82) is 0 Å². The van der Waals surface area contributed by atoms with Gasteiger partial charge < -0.3 is 19.4 Å². The van der Waals surface area contributed by atoms with Crippen molar-refractivity contribution >= 4 is 61.3 Å². The topological polar surface area (TPSA) is 126 Å². The molecule has 0 aliphatic heterocycles. The van der Waals surface area contributed by atoms with Gasteiger partial charge in [-0.05, 0) is 102 Å². The number of aryl methyl sites for hydroxylation is 1. The Morgan fingerprint density at radius 2 is 1.31 bits per heavy atom. The Labute approximate surface area is 288 Å². The molecule has 3 heterocycles. The van der Waals surface area contributed by atoms with E-state index in [1.807, 2.05) is 95.0 Å². The number of fused-ring (bicyclic) bond motifs is 2. The van der Waals surface area contributed by atoms with Crippen molar-refractivity contribution in [2.75, 3.05) is 10.6 Å². The molecule has 0 saturated heterocycles. The molecule has 0 spiro atoms. The lowest BCUT2D eigenvalue weighted by atomic mass is 10.1. The van der Waals surface area contributed by atoms with Crippen LogP contribution in [0.5, 0.6) is 0 Å². The molecular formula is C37H41BrN6O4. The highest BCUT2D eigenvalue weighted by molar-refractivity contribution is 9.10. The van der Waals surface area contributed by atoms with E-state index in [2.05, 4.69) is 72.8 Å². The van der Waals surface area contributed by atoms with Crippen molar-refractivity contribution in [3.8, 4) is 16.8 Å². The van der Waals surface area contributed by atoms with Crippen molar-refractivity contribution < 1.29 is 19.1 Å². The van der Waals surface area contributed by atoms with E-state index in [4.69, 9.17) is 9.47 Å². The minimum absolute atomic E-state index is 0.455. The van der Waals surface area contributed by atoms with E-state index in [1.165, 1.54) is 5.56 Å². The van der Waals surface area contributed by atoms with E-state index < -0.39 is 23.4 Å². The fraction of sp³-hybridized carbons (Fsp3) is 0.270. The molecule has 0 aliphatic rings. The van der Waals surface area contributed by atoms with Crippen molar-refractivity contribution in [2.45, 2.75) is 66.1 Å². The van der Waals surface area contributed by atoms with Crippen LogP contribution in [0.25, 0.3) is 38.6 Å². The number of aromatic nitrogens is 4. The number of hydrogen-bond donors (Lipinski definition) is 4. The molecule has 2 amide bonds. The monoisotopic (exact) mass is 712 g/mol. The predicted molar refractivity (Wildman–Crippen MR) is 196 cm³/mol. The van der Waals surface area contributed by atoms with Crippen LogP contribution in [-0.2, 0) is 15.9 Å². The van der Waals surface area contributed by atoms with Crippen LogP contribution in [-0.4, -0.2) is 43.1 Å². The second-order valence-corrected chi connectivity index (χ2v) is 14.2. The Kier molecular flexibility index (Phi) is 10.00. The fourth-order valence-electron chi connectivity index (χ4n) is 4.92. The summed E-state index contributed by atoms with van der Waals surface area (Å²) in [4.78, 5) is 30.1. The van der Waals surface area contributed by atoms with Crippen LogP contribution >= 0.6 is 15.9 Å². The van der Waals surface area contributed by atoms with Gasteiger partial charge in [0, 0.05) is 50.4 Å². The number of carbonyl (C=O) groups excluding carboxylic acids is 2. The van der Waals surface area contributed by atoms with Crippen LogP contribution in [0.2, 0.25) is 0 Å². The Morgan fingerprint density at radius 1 is 0.771 bits per heavy atom. The molecule has 0 saturated carbocycles. The minimum Gasteiger partial charge on any atom is -0.444 e. The van der Waals surface area contributed by atoms with Gasteiger partial charge in [-0.3, -0.25) is 10.6 Å². The second kappa shape index (κ2) is 14.0. The number of ether oxygens (including phenoxy) is 2. The Balaban J connectivity index is 0.000000214. The molecule has 0 fully saturated rings. The number of carbonyl (C=O) groups is 2. The summed E-state index contributed by atoms with van der Waals surface area (Å²) in [5.41, 5.74) is 6.58.